The molecule has 0 saturated carbocycles. The topological polar surface area (TPSA) is 178 Å². The lowest BCUT2D eigenvalue weighted by Crippen LogP contribution is -2.51. The lowest BCUT2D eigenvalue weighted by atomic mass is 10.0. The van der Waals surface area contributed by atoms with Crippen LogP contribution in [0.2, 0.25) is 0 Å². The minimum absolute atomic E-state index is 0.0352. The summed E-state index contributed by atoms with van der Waals surface area (Å²) in [6, 6.07) is 9.88. The number of pyridine rings is 1. The molecule has 4 N–H and O–H groups in total. The third-order valence-corrected chi connectivity index (χ3v) is 8.46. The molecule has 3 aromatic heterocycles. The summed E-state index contributed by atoms with van der Waals surface area (Å²) in [6.45, 7) is 0.444. The lowest BCUT2D eigenvalue weighted by molar-refractivity contribution is 0.493. The van der Waals surface area contributed by atoms with E-state index >= 15 is 0 Å². The second kappa shape index (κ2) is 6.91. The number of benzene rings is 1. The van der Waals surface area contributed by atoms with Gasteiger partial charge in [-0.25, -0.2) is 31.6 Å². The van der Waals surface area contributed by atoms with Crippen LogP contribution in [0.25, 0.3) is 28.2 Å². The van der Waals surface area contributed by atoms with Crippen LogP contribution in [0, 0.1) is 0 Å². The number of fused-ring (bicyclic) bond motifs is 1. The summed E-state index contributed by atoms with van der Waals surface area (Å²) in [5, 5.41) is 25.4. The Morgan fingerprint density at radius 2 is 1.87 bits per heavy atom. The summed E-state index contributed by atoms with van der Waals surface area (Å²) >= 11 is 0. The van der Waals surface area contributed by atoms with Gasteiger partial charge in [-0.3, -0.25) is 0 Å². The molecule has 1 aliphatic rings. The van der Waals surface area contributed by atoms with E-state index in [1.54, 1.807) is 28.9 Å². The quantitative estimate of drug-likeness (QED) is 0.356. The number of rotatable bonds is 5. The van der Waals surface area contributed by atoms with Gasteiger partial charge in [-0.1, -0.05) is 12.1 Å². The number of sulfone groups is 1. The lowest BCUT2D eigenvalue weighted by Gasteiger charge is -2.28. The van der Waals surface area contributed by atoms with E-state index in [9.17, 15) is 16.8 Å². The van der Waals surface area contributed by atoms with Gasteiger partial charge < -0.3 is 5.32 Å². The van der Waals surface area contributed by atoms with E-state index < -0.39 is 30.0 Å². The van der Waals surface area contributed by atoms with E-state index in [4.69, 9.17) is 5.14 Å². The highest BCUT2D eigenvalue weighted by Crippen LogP contribution is 2.39. The summed E-state index contributed by atoms with van der Waals surface area (Å²) in [4.78, 5) is -0.941. The van der Waals surface area contributed by atoms with Crippen molar-refractivity contribution in [3.8, 4) is 22.6 Å². The maximum atomic E-state index is 13.2. The van der Waals surface area contributed by atoms with Gasteiger partial charge in [0.2, 0.25) is 10.0 Å². The van der Waals surface area contributed by atoms with Gasteiger partial charge in [0, 0.05) is 18.7 Å². The van der Waals surface area contributed by atoms with E-state index in [-0.39, 0.29) is 29.4 Å². The Balaban J connectivity index is 1.91. The number of aromatic amines is 1. The Morgan fingerprint density at radius 1 is 1.06 bits per heavy atom. The number of nitrogens with one attached hydrogen (secondary N) is 2. The highest BCUT2D eigenvalue weighted by atomic mass is 32.2. The normalized spacial score (nSPS) is 15.3. The minimum Gasteiger partial charge on any atom is -0.314 e. The summed E-state index contributed by atoms with van der Waals surface area (Å²) in [5.74, 6) is -0.0352. The summed E-state index contributed by atoms with van der Waals surface area (Å²) in [7, 11) is -8.49. The molecule has 0 radical (unpaired) electrons. The maximum Gasteiger partial charge on any atom is 0.240 e. The first kappa shape index (κ1) is 19.7. The number of nitrogens with zero attached hydrogens (tertiary/aromatic N) is 5. The predicted octanol–water partition coefficient (Wildman–Crippen LogP) is -0.426. The van der Waals surface area contributed by atoms with Crippen molar-refractivity contribution in [2.45, 2.75) is 15.0 Å². The van der Waals surface area contributed by atoms with Crippen molar-refractivity contribution in [2.24, 2.45) is 5.14 Å². The molecule has 0 aliphatic carbocycles. The van der Waals surface area contributed by atoms with E-state index in [0.717, 1.165) is 5.52 Å². The summed E-state index contributed by atoms with van der Waals surface area (Å²) in [6.07, 6.45) is 1.59. The van der Waals surface area contributed by atoms with Gasteiger partial charge in [-0.2, -0.15) is 5.10 Å². The molecule has 1 fully saturated rings. The maximum absolute atomic E-state index is 13.2. The van der Waals surface area contributed by atoms with Crippen LogP contribution in [0.3, 0.4) is 0 Å². The van der Waals surface area contributed by atoms with Crippen LogP contribution < -0.4 is 10.5 Å². The number of hydrogen-bond acceptors (Lipinski definition) is 9. The third kappa shape index (κ3) is 3.11. The zero-order chi connectivity index (χ0) is 21.8. The second-order valence-electron chi connectivity index (χ2n) is 7.01. The number of H-pyrrole nitrogens is 1. The van der Waals surface area contributed by atoms with E-state index in [0.29, 0.717) is 11.3 Å². The van der Waals surface area contributed by atoms with Gasteiger partial charge in [0.15, 0.2) is 15.7 Å². The predicted molar refractivity (Wildman–Crippen MR) is 109 cm³/mol. The fraction of sp³-hybridized carbons (Fsp3) is 0.176. The molecule has 12 nitrogen and oxygen atoms in total. The van der Waals surface area contributed by atoms with Crippen LogP contribution in [-0.4, -0.2) is 65.4 Å². The number of sulfonamides is 1. The molecule has 0 unspecified atom stereocenters. The largest absolute Gasteiger partial charge is 0.314 e. The number of primary sulfonamides is 1. The molecule has 0 amide bonds. The van der Waals surface area contributed by atoms with Crippen LogP contribution in [0.4, 0.5) is 0 Å². The first-order valence-corrected chi connectivity index (χ1v) is 12.2. The van der Waals surface area contributed by atoms with Crippen LogP contribution in [-0.2, 0) is 19.9 Å². The number of tetrazole rings is 1. The van der Waals surface area contributed by atoms with E-state index in [2.05, 4.69) is 31.0 Å². The SMILES string of the molecule is NS(=O)(=O)c1c(S(=O)(=O)C2CNC2)ccc(-c2cccc3ccnn23)c1-c1nnn[nH]1. The van der Waals surface area contributed by atoms with Gasteiger partial charge in [-0.05, 0) is 34.7 Å². The molecule has 31 heavy (non-hydrogen) atoms. The molecular weight excluding hydrogens is 444 g/mol. The third-order valence-electron chi connectivity index (χ3n) is 5.17. The zero-order valence-electron chi connectivity index (χ0n) is 15.8. The minimum atomic E-state index is -4.51. The van der Waals surface area contributed by atoms with Crippen molar-refractivity contribution in [1.82, 2.24) is 35.6 Å². The summed E-state index contributed by atoms with van der Waals surface area (Å²) < 4.78 is 53.4. The average Bonchev–Trinajstić information content (AvgIpc) is 3.35. The highest BCUT2D eigenvalue weighted by molar-refractivity contribution is 7.94. The molecule has 0 bridgehead atoms. The smallest absolute Gasteiger partial charge is 0.240 e. The van der Waals surface area contributed by atoms with E-state index in [1.165, 1.54) is 12.1 Å². The van der Waals surface area contributed by atoms with Crippen molar-refractivity contribution < 1.29 is 16.8 Å². The molecule has 5 rings (SSSR count). The van der Waals surface area contributed by atoms with E-state index in [1.807, 2.05) is 6.07 Å². The molecule has 0 spiro atoms. The molecule has 1 aliphatic heterocycles. The number of aromatic nitrogens is 6. The molecule has 160 valence electrons. The standard InChI is InChI=1S/C17H16N8O4S2/c18-31(28,29)16-14(30(26,27)11-8-19-9-11)5-4-12(15(16)17-21-23-24-22-17)13-3-1-2-10-6-7-20-25(10)13/h1-7,11,19H,8-9H2,(H2,18,28,29)(H,21,22,23,24). The van der Waals surface area contributed by atoms with Gasteiger partial charge >= 0.3 is 0 Å². The van der Waals surface area contributed by atoms with Gasteiger partial charge in [-0.15, -0.1) is 5.10 Å². The van der Waals surface area contributed by atoms with Crippen molar-refractivity contribution >= 4 is 25.4 Å². The number of hydrogen-bond donors (Lipinski definition) is 3. The second-order valence-corrected chi connectivity index (χ2v) is 10.7. The van der Waals surface area contributed by atoms with Gasteiger partial charge in [0.1, 0.15) is 4.90 Å². The van der Waals surface area contributed by atoms with Crippen molar-refractivity contribution in [3.05, 3.63) is 42.6 Å². The molecule has 14 heteroatoms. The molecule has 4 aromatic rings. The monoisotopic (exact) mass is 460 g/mol. The fourth-order valence-corrected chi connectivity index (χ4v) is 6.79. The zero-order valence-corrected chi connectivity index (χ0v) is 17.4. The Hall–Kier alpha value is -3.20. The molecular formula is C17H16N8O4S2. The first-order valence-electron chi connectivity index (χ1n) is 9.10. The average molecular weight is 461 g/mol. The van der Waals surface area contributed by atoms with Crippen molar-refractivity contribution in [1.29, 1.82) is 0 Å². The molecule has 1 saturated heterocycles. The molecule has 4 heterocycles. The van der Waals surface area contributed by atoms with Crippen LogP contribution in [0.1, 0.15) is 0 Å². The Morgan fingerprint density at radius 3 is 2.52 bits per heavy atom. The summed E-state index contributed by atoms with van der Waals surface area (Å²) in [5.41, 5.74) is 1.58. The van der Waals surface area contributed by atoms with Gasteiger partial charge in [0.25, 0.3) is 0 Å². The van der Waals surface area contributed by atoms with Crippen molar-refractivity contribution in [2.75, 3.05) is 13.1 Å². The molecule has 1 aromatic carbocycles. The highest BCUT2D eigenvalue weighted by Gasteiger charge is 2.38. The Bertz CT molecular complexity index is 1510. The van der Waals surface area contributed by atoms with Crippen LogP contribution in [0.5, 0.6) is 0 Å². The van der Waals surface area contributed by atoms with Crippen molar-refractivity contribution in [3.63, 3.8) is 0 Å². The fourth-order valence-electron chi connectivity index (χ4n) is 3.60. The Labute approximate surface area is 176 Å². The first-order chi connectivity index (χ1) is 14.8. The Kier molecular flexibility index (Phi) is 4.40. The van der Waals surface area contributed by atoms with Gasteiger partial charge in [0.05, 0.1) is 33.1 Å². The van der Waals surface area contributed by atoms with Crippen LogP contribution >= 0.6 is 0 Å². The number of nitrogens with two attached hydrogens (primary N) is 1. The molecule has 0 atom stereocenters. The van der Waals surface area contributed by atoms with Crippen LogP contribution in [0.15, 0.2) is 52.4 Å².